The fraction of sp³-hybridized carbons (Fsp3) is 0.500. The quantitative estimate of drug-likeness (QED) is 0.644. The number of rotatable bonds is 5. The summed E-state index contributed by atoms with van der Waals surface area (Å²) in [6.07, 6.45) is 3.19. The van der Waals surface area contributed by atoms with Crippen molar-refractivity contribution in [1.82, 2.24) is 5.32 Å². The first-order valence-corrected chi connectivity index (χ1v) is 6.50. The average Bonchev–Trinajstić information content (AvgIpc) is 3.08. The minimum atomic E-state index is -1.35. The number of hydrogen-bond donors (Lipinski definition) is 1. The summed E-state index contributed by atoms with van der Waals surface area (Å²) >= 11 is 0. The third-order valence-electron chi connectivity index (χ3n) is 3.31. The highest BCUT2D eigenvalue weighted by molar-refractivity contribution is 6.12. The number of carbonyl (C=O) groups is 2. The molecule has 1 aliphatic heterocycles. The molecule has 1 aromatic heterocycles. The van der Waals surface area contributed by atoms with Crippen LogP contribution in [0.2, 0.25) is 0 Å². The van der Waals surface area contributed by atoms with Gasteiger partial charge in [0.25, 0.3) is 0 Å². The number of Topliss-reactive ketones (excluding diaryl/α,β-unsaturated/α-hetero) is 1. The van der Waals surface area contributed by atoms with Crippen molar-refractivity contribution in [2.24, 2.45) is 5.92 Å². The molecule has 106 valence electrons. The molecule has 1 saturated heterocycles. The summed E-state index contributed by atoms with van der Waals surface area (Å²) in [7, 11) is 0. The molecular formula is C14H16N2O4. The van der Waals surface area contributed by atoms with Crippen molar-refractivity contribution in [3.05, 3.63) is 23.7 Å². The SMILES string of the molecule is Cc1occc1C(=O)[C@H](C#N)C(=O)NC[C@H]1CCCO1. The first-order valence-electron chi connectivity index (χ1n) is 6.50. The van der Waals surface area contributed by atoms with Crippen LogP contribution >= 0.6 is 0 Å². The largest absolute Gasteiger partial charge is 0.469 e. The average molecular weight is 276 g/mol. The molecule has 20 heavy (non-hydrogen) atoms. The third kappa shape index (κ3) is 3.06. The maximum absolute atomic E-state index is 12.1. The van der Waals surface area contributed by atoms with Crippen molar-refractivity contribution < 1.29 is 18.7 Å². The molecular weight excluding hydrogens is 260 g/mol. The summed E-state index contributed by atoms with van der Waals surface area (Å²) < 4.78 is 10.4. The molecule has 2 atom stereocenters. The Bertz CT molecular complexity index is 538. The Morgan fingerprint density at radius 2 is 2.40 bits per heavy atom. The van der Waals surface area contributed by atoms with E-state index >= 15 is 0 Å². The topological polar surface area (TPSA) is 92.3 Å². The Morgan fingerprint density at radius 3 is 2.95 bits per heavy atom. The fourth-order valence-corrected chi connectivity index (χ4v) is 2.15. The summed E-state index contributed by atoms with van der Waals surface area (Å²) in [6.45, 7) is 2.63. The minimum Gasteiger partial charge on any atom is -0.469 e. The maximum Gasteiger partial charge on any atom is 0.245 e. The molecule has 0 radical (unpaired) electrons. The van der Waals surface area contributed by atoms with Crippen LogP contribution in [0.1, 0.15) is 29.0 Å². The number of furan rings is 1. The smallest absolute Gasteiger partial charge is 0.245 e. The van der Waals surface area contributed by atoms with Crippen LogP contribution in [0.5, 0.6) is 0 Å². The van der Waals surface area contributed by atoms with Gasteiger partial charge >= 0.3 is 0 Å². The van der Waals surface area contributed by atoms with Crippen LogP contribution in [0, 0.1) is 24.2 Å². The van der Waals surface area contributed by atoms with E-state index in [9.17, 15) is 9.59 Å². The standard InChI is InChI=1S/C14H16N2O4/c1-9-11(4-6-19-9)13(17)12(7-15)14(18)16-8-10-3-2-5-20-10/h4,6,10,12H,2-3,5,8H2,1H3,(H,16,18)/t10-,12+/m1/s1. The molecule has 2 heterocycles. The molecule has 1 N–H and O–H groups in total. The van der Waals surface area contributed by atoms with E-state index in [0.717, 1.165) is 12.8 Å². The molecule has 6 heteroatoms. The van der Waals surface area contributed by atoms with Gasteiger partial charge in [-0.15, -0.1) is 0 Å². The first-order chi connectivity index (χ1) is 9.63. The van der Waals surface area contributed by atoms with Gasteiger partial charge in [0.05, 0.1) is 24.0 Å². The third-order valence-corrected chi connectivity index (χ3v) is 3.31. The Balaban J connectivity index is 1.97. The molecule has 1 amide bonds. The number of nitrogens with zero attached hydrogens (tertiary/aromatic N) is 1. The molecule has 0 aliphatic carbocycles. The second kappa shape index (κ2) is 6.35. The zero-order valence-corrected chi connectivity index (χ0v) is 11.2. The number of nitrogens with one attached hydrogen (secondary N) is 1. The normalized spacial score (nSPS) is 19.3. The Labute approximate surface area is 116 Å². The van der Waals surface area contributed by atoms with E-state index in [0.29, 0.717) is 18.9 Å². The fourth-order valence-electron chi connectivity index (χ4n) is 2.15. The van der Waals surface area contributed by atoms with Crippen LogP contribution in [-0.2, 0) is 9.53 Å². The Hall–Kier alpha value is -2.13. The maximum atomic E-state index is 12.1. The molecule has 1 aromatic rings. The van der Waals surface area contributed by atoms with Gasteiger partial charge in [0.15, 0.2) is 11.7 Å². The van der Waals surface area contributed by atoms with Gasteiger partial charge in [-0.1, -0.05) is 0 Å². The molecule has 6 nitrogen and oxygen atoms in total. The second-order valence-corrected chi connectivity index (χ2v) is 4.70. The molecule has 0 aromatic carbocycles. The minimum absolute atomic E-state index is 0.0240. The van der Waals surface area contributed by atoms with E-state index in [4.69, 9.17) is 14.4 Å². The van der Waals surface area contributed by atoms with E-state index in [1.54, 1.807) is 13.0 Å². The number of ether oxygens (including phenoxy) is 1. The summed E-state index contributed by atoms with van der Waals surface area (Å²) in [5.74, 6) is -2.08. The van der Waals surface area contributed by atoms with Gasteiger partial charge in [-0.05, 0) is 25.8 Å². The van der Waals surface area contributed by atoms with E-state index in [1.807, 2.05) is 0 Å². The van der Waals surface area contributed by atoms with E-state index in [-0.39, 0.29) is 11.7 Å². The highest BCUT2D eigenvalue weighted by Crippen LogP contribution is 2.15. The van der Waals surface area contributed by atoms with Crippen LogP contribution in [0.3, 0.4) is 0 Å². The summed E-state index contributed by atoms with van der Waals surface area (Å²) in [5, 5.41) is 11.7. The zero-order valence-electron chi connectivity index (χ0n) is 11.2. The van der Waals surface area contributed by atoms with Crippen LogP contribution in [0.4, 0.5) is 0 Å². The molecule has 0 unspecified atom stereocenters. The summed E-state index contributed by atoms with van der Waals surface area (Å²) in [4.78, 5) is 24.1. The van der Waals surface area contributed by atoms with E-state index in [2.05, 4.69) is 5.32 Å². The number of carbonyl (C=O) groups excluding carboxylic acids is 2. The zero-order chi connectivity index (χ0) is 14.5. The molecule has 1 aliphatic rings. The number of nitriles is 1. The van der Waals surface area contributed by atoms with Crippen molar-refractivity contribution in [3.63, 3.8) is 0 Å². The Kier molecular flexibility index (Phi) is 4.53. The lowest BCUT2D eigenvalue weighted by Crippen LogP contribution is -2.38. The van der Waals surface area contributed by atoms with Gasteiger partial charge < -0.3 is 14.5 Å². The monoisotopic (exact) mass is 276 g/mol. The number of aryl methyl sites for hydroxylation is 1. The molecule has 2 rings (SSSR count). The Morgan fingerprint density at radius 1 is 1.60 bits per heavy atom. The van der Waals surface area contributed by atoms with Gasteiger partial charge in [-0.2, -0.15) is 5.26 Å². The highest BCUT2D eigenvalue weighted by atomic mass is 16.5. The second-order valence-electron chi connectivity index (χ2n) is 4.70. The van der Waals surface area contributed by atoms with Crippen molar-refractivity contribution in [2.75, 3.05) is 13.2 Å². The van der Waals surface area contributed by atoms with Crippen molar-refractivity contribution in [2.45, 2.75) is 25.9 Å². The number of hydrogen-bond acceptors (Lipinski definition) is 5. The summed E-state index contributed by atoms with van der Waals surface area (Å²) in [5.41, 5.74) is 0.267. The van der Waals surface area contributed by atoms with Gasteiger partial charge in [0.2, 0.25) is 5.91 Å². The lowest BCUT2D eigenvalue weighted by atomic mass is 9.98. The van der Waals surface area contributed by atoms with Crippen LogP contribution in [0.25, 0.3) is 0 Å². The summed E-state index contributed by atoms with van der Waals surface area (Å²) in [6, 6.07) is 3.22. The van der Waals surface area contributed by atoms with Crippen LogP contribution in [-0.4, -0.2) is 30.9 Å². The number of ketones is 1. The van der Waals surface area contributed by atoms with Gasteiger partial charge in [0.1, 0.15) is 5.76 Å². The molecule has 0 bridgehead atoms. The lowest BCUT2D eigenvalue weighted by molar-refractivity contribution is -0.122. The van der Waals surface area contributed by atoms with E-state index < -0.39 is 17.6 Å². The van der Waals surface area contributed by atoms with Gasteiger partial charge in [-0.25, -0.2) is 0 Å². The predicted molar refractivity (Wildman–Crippen MR) is 68.9 cm³/mol. The number of amides is 1. The molecule has 0 spiro atoms. The van der Waals surface area contributed by atoms with E-state index in [1.165, 1.54) is 12.3 Å². The van der Waals surface area contributed by atoms with Crippen molar-refractivity contribution >= 4 is 11.7 Å². The first kappa shape index (κ1) is 14.3. The molecule has 1 fully saturated rings. The predicted octanol–water partition coefficient (Wildman–Crippen LogP) is 1.21. The van der Waals surface area contributed by atoms with Crippen molar-refractivity contribution in [3.8, 4) is 6.07 Å². The van der Waals surface area contributed by atoms with Crippen LogP contribution < -0.4 is 5.32 Å². The van der Waals surface area contributed by atoms with Crippen LogP contribution in [0.15, 0.2) is 16.7 Å². The highest BCUT2D eigenvalue weighted by Gasteiger charge is 2.30. The van der Waals surface area contributed by atoms with Gasteiger partial charge in [0, 0.05) is 13.2 Å². The van der Waals surface area contributed by atoms with Gasteiger partial charge in [-0.3, -0.25) is 9.59 Å². The molecule has 0 saturated carbocycles. The van der Waals surface area contributed by atoms with Crippen molar-refractivity contribution in [1.29, 1.82) is 5.26 Å². The lowest BCUT2D eigenvalue weighted by Gasteiger charge is -2.12.